The molecule has 0 bridgehead atoms. The molecule has 1 saturated carbocycles. The number of nitrogens with zero attached hydrogens (tertiary/aromatic N) is 3. The molecule has 1 atom stereocenters. The summed E-state index contributed by atoms with van der Waals surface area (Å²) in [5, 5.41) is 14.8. The third kappa shape index (κ3) is 8.22. The molecule has 0 aromatic heterocycles. The fourth-order valence-electron chi connectivity index (χ4n) is 5.82. The van der Waals surface area contributed by atoms with Crippen LogP contribution in [-0.4, -0.2) is 55.8 Å². The maximum absolute atomic E-state index is 14.4. The van der Waals surface area contributed by atoms with E-state index in [9.17, 15) is 28.1 Å². The van der Waals surface area contributed by atoms with E-state index in [0.717, 1.165) is 53.6 Å². The van der Waals surface area contributed by atoms with Crippen molar-refractivity contribution in [2.45, 2.75) is 82.8 Å². The Morgan fingerprint density at radius 2 is 1.72 bits per heavy atom. The maximum Gasteiger partial charge on any atom is 0.273 e. The summed E-state index contributed by atoms with van der Waals surface area (Å²) < 4.78 is 34.6. The van der Waals surface area contributed by atoms with Gasteiger partial charge >= 0.3 is 0 Å². The molecule has 0 aliphatic heterocycles. The van der Waals surface area contributed by atoms with Crippen LogP contribution in [-0.2, 0) is 26.2 Å². The zero-order chi connectivity index (χ0) is 33.4. The van der Waals surface area contributed by atoms with Crippen LogP contribution >= 0.6 is 0 Å². The van der Waals surface area contributed by atoms with Crippen LogP contribution in [0.15, 0.2) is 71.6 Å². The Labute approximate surface area is 270 Å². The Bertz CT molecular complexity index is 1650. The molecule has 2 amide bonds. The predicted molar refractivity (Wildman–Crippen MR) is 176 cm³/mol. The first kappa shape index (κ1) is 34.4. The van der Waals surface area contributed by atoms with Crippen LogP contribution in [0.5, 0.6) is 5.75 Å². The lowest BCUT2D eigenvalue weighted by molar-refractivity contribution is -0.385. The van der Waals surface area contributed by atoms with Crippen molar-refractivity contribution in [2.24, 2.45) is 0 Å². The molecule has 1 aliphatic rings. The number of carbonyl (C=O) groups excluding carboxylic acids is 2. The van der Waals surface area contributed by atoms with Crippen molar-refractivity contribution in [1.29, 1.82) is 0 Å². The van der Waals surface area contributed by atoms with E-state index in [2.05, 4.69) is 5.32 Å². The number of carbonyl (C=O) groups is 2. The lowest BCUT2D eigenvalue weighted by Crippen LogP contribution is -2.54. The minimum atomic E-state index is -4.49. The summed E-state index contributed by atoms with van der Waals surface area (Å²) in [6, 6.07) is 16.6. The summed E-state index contributed by atoms with van der Waals surface area (Å²) >= 11 is 0. The van der Waals surface area contributed by atoms with Crippen molar-refractivity contribution < 1.29 is 27.7 Å². The molecule has 246 valence electrons. The fourth-order valence-corrected chi connectivity index (χ4v) is 7.26. The average Bonchev–Trinajstić information content (AvgIpc) is 3.04. The largest absolute Gasteiger partial charge is 0.497 e. The number of ether oxygens (including phenoxy) is 1. The van der Waals surface area contributed by atoms with Gasteiger partial charge in [-0.25, -0.2) is 8.42 Å². The van der Waals surface area contributed by atoms with Crippen LogP contribution in [0.2, 0.25) is 0 Å². The highest BCUT2D eigenvalue weighted by Gasteiger charge is 2.35. The van der Waals surface area contributed by atoms with E-state index in [1.54, 1.807) is 12.1 Å². The fraction of sp³-hybridized carbons (Fsp3) is 0.412. The number of nitrogens with one attached hydrogen (secondary N) is 1. The molecule has 1 N–H and O–H groups in total. The molecule has 0 unspecified atom stereocenters. The SMILES string of the molecule is CC[C@H](C(=O)NC1CCCCC1)N(Cc1cccc(C)c1)C(=O)CN(c1ccc(OC)cc1)S(=O)(=O)c1ccc(C)c([N+](=O)[O-])c1. The number of hydrogen-bond donors (Lipinski definition) is 1. The van der Waals surface area contributed by atoms with E-state index >= 15 is 0 Å². The average molecular weight is 651 g/mol. The van der Waals surface area contributed by atoms with Gasteiger partial charge in [0.05, 0.1) is 22.6 Å². The number of anilines is 1. The molecule has 3 aromatic rings. The van der Waals surface area contributed by atoms with Gasteiger partial charge in [-0.15, -0.1) is 0 Å². The van der Waals surface area contributed by atoms with Gasteiger partial charge in [0.15, 0.2) is 0 Å². The van der Waals surface area contributed by atoms with Crippen LogP contribution in [0, 0.1) is 24.0 Å². The summed E-state index contributed by atoms with van der Waals surface area (Å²) in [7, 11) is -3.01. The van der Waals surface area contributed by atoms with Gasteiger partial charge in [-0.3, -0.25) is 24.0 Å². The van der Waals surface area contributed by atoms with Gasteiger partial charge in [-0.1, -0.05) is 62.1 Å². The highest BCUT2D eigenvalue weighted by atomic mass is 32.2. The van der Waals surface area contributed by atoms with Crippen LogP contribution in [0.4, 0.5) is 11.4 Å². The zero-order valence-electron chi connectivity index (χ0n) is 26.8. The summed E-state index contributed by atoms with van der Waals surface area (Å²) in [6.07, 6.45) is 5.25. The molecule has 0 heterocycles. The number of aryl methyl sites for hydroxylation is 2. The summed E-state index contributed by atoms with van der Waals surface area (Å²) in [5.74, 6) is -0.388. The first-order chi connectivity index (χ1) is 21.9. The minimum absolute atomic E-state index is 0.0275. The first-order valence-corrected chi connectivity index (χ1v) is 17.0. The molecule has 4 rings (SSSR count). The van der Waals surface area contributed by atoms with Crippen molar-refractivity contribution in [3.05, 3.63) is 93.5 Å². The second kappa shape index (κ2) is 15.2. The van der Waals surface area contributed by atoms with Crippen LogP contribution in [0.1, 0.15) is 62.1 Å². The second-order valence-electron chi connectivity index (χ2n) is 11.7. The topological polar surface area (TPSA) is 139 Å². The van der Waals surface area contributed by atoms with E-state index in [0.29, 0.717) is 17.7 Å². The molecule has 0 spiro atoms. The minimum Gasteiger partial charge on any atom is -0.497 e. The molecule has 0 saturated heterocycles. The molecule has 11 nitrogen and oxygen atoms in total. The van der Waals surface area contributed by atoms with Crippen LogP contribution < -0.4 is 14.4 Å². The van der Waals surface area contributed by atoms with Gasteiger partial charge in [0.2, 0.25) is 11.8 Å². The van der Waals surface area contributed by atoms with Crippen LogP contribution in [0.3, 0.4) is 0 Å². The zero-order valence-corrected chi connectivity index (χ0v) is 27.6. The van der Waals surface area contributed by atoms with Crippen molar-refractivity contribution in [2.75, 3.05) is 18.0 Å². The van der Waals surface area contributed by atoms with Crippen molar-refractivity contribution in [3.8, 4) is 5.75 Å². The van der Waals surface area contributed by atoms with Gasteiger partial charge < -0.3 is 15.0 Å². The van der Waals surface area contributed by atoms with Gasteiger partial charge in [-0.2, -0.15) is 0 Å². The monoisotopic (exact) mass is 650 g/mol. The highest BCUT2D eigenvalue weighted by molar-refractivity contribution is 7.92. The third-order valence-corrected chi connectivity index (χ3v) is 10.1. The molecule has 3 aromatic carbocycles. The van der Waals surface area contributed by atoms with Crippen molar-refractivity contribution in [1.82, 2.24) is 10.2 Å². The highest BCUT2D eigenvalue weighted by Crippen LogP contribution is 2.30. The normalized spacial score (nSPS) is 14.3. The van der Waals surface area contributed by atoms with E-state index in [-0.39, 0.29) is 34.8 Å². The predicted octanol–water partition coefficient (Wildman–Crippen LogP) is 5.67. The smallest absolute Gasteiger partial charge is 0.273 e. The molecule has 1 fully saturated rings. The lowest BCUT2D eigenvalue weighted by atomic mass is 9.95. The quantitative estimate of drug-likeness (QED) is 0.186. The molecule has 46 heavy (non-hydrogen) atoms. The third-order valence-electron chi connectivity index (χ3n) is 8.38. The Morgan fingerprint density at radius 1 is 1.02 bits per heavy atom. The first-order valence-electron chi connectivity index (χ1n) is 15.5. The summed E-state index contributed by atoms with van der Waals surface area (Å²) in [6.45, 7) is 4.72. The van der Waals surface area contributed by atoms with Gasteiger partial charge in [-0.05, 0) is 69.0 Å². The summed E-state index contributed by atoms with van der Waals surface area (Å²) in [4.78, 5) is 40.2. The maximum atomic E-state index is 14.4. The van der Waals surface area contributed by atoms with Crippen molar-refractivity contribution in [3.63, 3.8) is 0 Å². The number of hydrogen-bond acceptors (Lipinski definition) is 7. The van der Waals surface area contributed by atoms with Crippen LogP contribution in [0.25, 0.3) is 0 Å². The summed E-state index contributed by atoms with van der Waals surface area (Å²) in [5.41, 5.74) is 1.88. The number of methoxy groups -OCH3 is 1. The van der Waals surface area contributed by atoms with Gasteiger partial charge in [0.1, 0.15) is 18.3 Å². The van der Waals surface area contributed by atoms with E-state index in [4.69, 9.17) is 4.74 Å². The van der Waals surface area contributed by atoms with Gasteiger partial charge in [0, 0.05) is 24.2 Å². The van der Waals surface area contributed by atoms with E-state index < -0.39 is 33.4 Å². The molecular formula is C34H42N4O7S. The number of benzene rings is 3. The van der Waals surface area contributed by atoms with E-state index in [1.165, 1.54) is 43.2 Å². The second-order valence-corrected chi connectivity index (χ2v) is 13.6. The van der Waals surface area contributed by atoms with Gasteiger partial charge in [0.25, 0.3) is 15.7 Å². The standard InChI is InChI=1S/C34H42N4O7S/c1-5-31(34(40)35-27-12-7-6-8-13-27)36(22-26-11-9-10-24(2)20-26)33(39)23-37(28-15-17-29(45-4)18-16-28)46(43,44)30-19-14-25(3)32(21-30)38(41)42/h9-11,14-21,27,31H,5-8,12-13,22-23H2,1-4H3,(H,35,40)/t31-/m1/s1. The molecule has 1 aliphatic carbocycles. The Hall–Kier alpha value is -4.45. The molecular weight excluding hydrogens is 608 g/mol. The Balaban J connectivity index is 1.75. The number of amides is 2. The molecule has 0 radical (unpaired) electrons. The van der Waals surface area contributed by atoms with Crippen molar-refractivity contribution >= 4 is 33.2 Å². The van der Waals surface area contributed by atoms with E-state index in [1.807, 2.05) is 38.1 Å². The number of rotatable bonds is 13. The lowest BCUT2D eigenvalue weighted by Gasteiger charge is -2.34. The number of sulfonamides is 1. The Kier molecular flexibility index (Phi) is 11.4. The molecule has 12 heteroatoms. The Morgan fingerprint density at radius 3 is 2.33 bits per heavy atom. The number of nitro benzene ring substituents is 1. The number of nitro groups is 1.